The molecule has 1 atom stereocenters. The summed E-state index contributed by atoms with van der Waals surface area (Å²) in [6, 6.07) is 7.78. The van der Waals surface area contributed by atoms with Gasteiger partial charge in [-0.25, -0.2) is 19.6 Å². The van der Waals surface area contributed by atoms with Crippen LogP contribution in [0.4, 0.5) is 11.5 Å². The Balaban J connectivity index is 1.29. The fraction of sp³-hybridized carbons (Fsp3) is 0.286. The van der Waals surface area contributed by atoms with Gasteiger partial charge in [0, 0.05) is 18.7 Å². The molecule has 1 aromatic carbocycles. The van der Waals surface area contributed by atoms with E-state index < -0.39 is 0 Å². The van der Waals surface area contributed by atoms with E-state index >= 15 is 0 Å². The van der Waals surface area contributed by atoms with Crippen LogP contribution in [0.5, 0.6) is 0 Å². The molecule has 3 heterocycles. The van der Waals surface area contributed by atoms with E-state index in [1.165, 1.54) is 24.2 Å². The van der Waals surface area contributed by atoms with Crippen molar-refractivity contribution < 1.29 is 4.79 Å². The van der Waals surface area contributed by atoms with E-state index in [4.69, 9.17) is 0 Å². The third kappa shape index (κ3) is 3.76. The first-order valence-electron chi connectivity index (χ1n) is 9.85. The van der Waals surface area contributed by atoms with Gasteiger partial charge in [0.25, 0.3) is 5.91 Å². The van der Waals surface area contributed by atoms with Crippen molar-refractivity contribution in [2.75, 3.05) is 10.6 Å². The number of amides is 1. The van der Waals surface area contributed by atoms with Gasteiger partial charge in [0.05, 0.1) is 29.6 Å². The van der Waals surface area contributed by atoms with Crippen molar-refractivity contribution in [1.82, 2.24) is 24.7 Å². The van der Waals surface area contributed by atoms with Crippen molar-refractivity contribution in [2.45, 2.75) is 31.7 Å². The van der Waals surface area contributed by atoms with E-state index in [2.05, 4.69) is 30.7 Å². The molecule has 0 spiro atoms. The topological polar surface area (TPSA) is 97.6 Å². The molecule has 8 nitrogen and oxygen atoms in total. The van der Waals surface area contributed by atoms with Crippen molar-refractivity contribution >= 4 is 39.9 Å². The van der Waals surface area contributed by atoms with E-state index in [-0.39, 0.29) is 11.9 Å². The van der Waals surface area contributed by atoms with Gasteiger partial charge in [-0.05, 0) is 37.5 Å². The van der Waals surface area contributed by atoms with Crippen molar-refractivity contribution in [3.8, 4) is 0 Å². The number of aromatic nitrogens is 5. The van der Waals surface area contributed by atoms with Gasteiger partial charge in [0.15, 0.2) is 5.65 Å². The zero-order chi connectivity index (χ0) is 20.7. The Hall–Kier alpha value is -3.33. The summed E-state index contributed by atoms with van der Waals surface area (Å²) in [5, 5.41) is 11.6. The molecule has 1 aliphatic carbocycles. The Morgan fingerprint density at radius 1 is 1.23 bits per heavy atom. The lowest BCUT2D eigenvalue weighted by molar-refractivity contribution is 0.103. The number of aryl methyl sites for hydroxylation is 1. The van der Waals surface area contributed by atoms with E-state index in [1.54, 1.807) is 23.3 Å². The number of carbonyl (C=O) groups excluding carboxylic acids is 1. The number of carbonyl (C=O) groups is 1. The molecule has 4 aromatic rings. The molecule has 0 unspecified atom stereocenters. The molecule has 1 amide bonds. The summed E-state index contributed by atoms with van der Waals surface area (Å²) in [6.07, 6.45) is 7.43. The summed E-state index contributed by atoms with van der Waals surface area (Å²) < 4.78 is 1.70. The number of hydrogen-bond donors (Lipinski definition) is 2. The van der Waals surface area contributed by atoms with Gasteiger partial charge in [-0.1, -0.05) is 12.1 Å². The first-order valence-corrected chi connectivity index (χ1v) is 10.7. The van der Waals surface area contributed by atoms with Gasteiger partial charge in [0.1, 0.15) is 16.2 Å². The van der Waals surface area contributed by atoms with Gasteiger partial charge < -0.3 is 10.6 Å². The number of fused-ring (bicyclic) bond motifs is 1. The normalized spacial score (nSPS) is 14.6. The third-order valence-electron chi connectivity index (χ3n) is 5.12. The lowest BCUT2D eigenvalue weighted by Crippen LogP contribution is -2.12. The number of thiazole rings is 1. The maximum atomic E-state index is 12.6. The minimum atomic E-state index is -0.121. The van der Waals surface area contributed by atoms with Gasteiger partial charge in [-0.2, -0.15) is 5.10 Å². The molecule has 1 saturated carbocycles. The SMILES string of the molecule is C[C@H](Nc1cnc2cnn(C)c2n1)c1cccc(NC(=O)c2cnc(C3CC3)s2)c1. The predicted molar refractivity (Wildman–Crippen MR) is 117 cm³/mol. The molecule has 5 rings (SSSR count). The molecule has 9 heteroatoms. The summed E-state index contributed by atoms with van der Waals surface area (Å²) in [7, 11) is 1.84. The van der Waals surface area contributed by atoms with Crippen LogP contribution in [0.2, 0.25) is 0 Å². The molecule has 1 fully saturated rings. The quantitative estimate of drug-likeness (QED) is 0.488. The van der Waals surface area contributed by atoms with Crippen LogP contribution in [0, 0.1) is 0 Å². The highest BCUT2D eigenvalue weighted by molar-refractivity contribution is 7.13. The van der Waals surface area contributed by atoms with Crippen molar-refractivity contribution in [2.24, 2.45) is 7.05 Å². The number of nitrogens with one attached hydrogen (secondary N) is 2. The fourth-order valence-corrected chi connectivity index (χ4v) is 4.26. The van der Waals surface area contributed by atoms with Crippen molar-refractivity contribution in [3.05, 3.63) is 58.3 Å². The molecule has 0 bridgehead atoms. The summed E-state index contributed by atoms with van der Waals surface area (Å²) in [4.78, 5) is 26.6. The second-order valence-electron chi connectivity index (χ2n) is 7.51. The lowest BCUT2D eigenvalue weighted by Gasteiger charge is -2.16. The maximum absolute atomic E-state index is 12.6. The summed E-state index contributed by atoms with van der Waals surface area (Å²) >= 11 is 1.49. The Morgan fingerprint density at radius 2 is 2.10 bits per heavy atom. The largest absolute Gasteiger partial charge is 0.362 e. The maximum Gasteiger partial charge on any atom is 0.267 e. The molecule has 2 N–H and O–H groups in total. The molecule has 1 aliphatic rings. The second kappa shape index (κ2) is 7.49. The number of anilines is 2. The fourth-order valence-electron chi connectivity index (χ4n) is 3.28. The highest BCUT2D eigenvalue weighted by Crippen LogP contribution is 2.41. The smallest absolute Gasteiger partial charge is 0.267 e. The highest BCUT2D eigenvalue weighted by atomic mass is 32.1. The lowest BCUT2D eigenvalue weighted by atomic mass is 10.1. The number of hydrogen-bond acceptors (Lipinski definition) is 7. The van der Waals surface area contributed by atoms with E-state index in [1.807, 2.05) is 38.2 Å². The standard InChI is InChI=1S/C21H21N7OS/c1-12(25-18-11-22-16-9-24-28(2)19(16)27-18)14-4-3-5-15(8-14)26-20(29)17-10-23-21(30-17)13-6-7-13/h3-5,8-13H,6-7H2,1-2H3,(H,25,27)(H,26,29)/t12-/m0/s1. The average molecular weight is 420 g/mol. The van der Waals surface area contributed by atoms with Crippen LogP contribution in [0.1, 0.15) is 52.0 Å². The van der Waals surface area contributed by atoms with Crippen LogP contribution < -0.4 is 10.6 Å². The first kappa shape index (κ1) is 18.7. The Bertz CT molecular complexity index is 1230. The van der Waals surface area contributed by atoms with E-state index in [0.717, 1.165) is 27.4 Å². The van der Waals surface area contributed by atoms with Crippen molar-refractivity contribution in [1.29, 1.82) is 0 Å². The monoisotopic (exact) mass is 419 g/mol. The number of nitrogens with zero attached hydrogens (tertiary/aromatic N) is 5. The van der Waals surface area contributed by atoms with Crippen LogP contribution in [0.25, 0.3) is 11.2 Å². The third-order valence-corrected chi connectivity index (χ3v) is 6.28. The highest BCUT2D eigenvalue weighted by Gasteiger charge is 2.27. The Labute approximate surface area is 177 Å². The zero-order valence-corrected chi connectivity index (χ0v) is 17.5. The molecule has 30 heavy (non-hydrogen) atoms. The summed E-state index contributed by atoms with van der Waals surface area (Å²) in [5.74, 6) is 1.11. The van der Waals surface area contributed by atoms with Gasteiger partial charge in [-0.15, -0.1) is 11.3 Å². The Morgan fingerprint density at radius 3 is 2.93 bits per heavy atom. The van der Waals surface area contributed by atoms with Crippen LogP contribution >= 0.6 is 11.3 Å². The molecule has 0 saturated heterocycles. The zero-order valence-electron chi connectivity index (χ0n) is 16.7. The predicted octanol–water partition coefficient (Wildman–Crippen LogP) is 4.12. The van der Waals surface area contributed by atoms with Crippen molar-refractivity contribution in [3.63, 3.8) is 0 Å². The van der Waals surface area contributed by atoms with Crippen LogP contribution in [0.15, 0.2) is 42.9 Å². The molecule has 0 aliphatic heterocycles. The molecule has 0 radical (unpaired) electrons. The average Bonchev–Trinajstić information content (AvgIpc) is 3.36. The summed E-state index contributed by atoms with van der Waals surface area (Å²) in [6.45, 7) is 2.04. The number of benzene rings is 1. The molecular weight excluding hydrogens is 398 g/mol. The van der Waals surface area contributed by atoms with Gasteiger partial charge in [-0.3, -0.25) is 4.79 Å². The summed E-state index contributed by atoms with van der Waals surface area (Å²) in [5.41, 5.74) is 3.26. The van der Waals surface area contributed by atoms with Crippen LogP contribution in [0.3, 0.4) is 0 Å². The minimum Gasteiger partial charge on any atom is -0.362 e. The van der Waals surface area contributed by atoms with Gasteiger partial charge >= 0.3 is 0 Å². The van der Waals surface area contributed by atoms with E-state index in [0.29, 0.717) is 16.6 Å². The molecule has 3 aromatic heterocycles. The first-order chi connectivity index (χ1) is 14.6. The second-order valence-corrected chi connectivity index (χ2v) is 8.58. The van der Waals surface area contributed by atoms with E-state index in [9.17, 15) is 4.79 Å². The van der Waals surface area contributed by atoms with Crippen LogP contribution in [-0.2, 0) is 7.05 Å². The Kier molecular flexibility index (Phi) is 4.66. The molecular formula is C21H21N7OS. The molecule has 152 valence electrons. The number of rotatable bonds is 6. The van der Waals surface area contributed by atoms with Gasteiger partial charge in [0.2, 0.25) is 0 Å². The minimum absolute atomic E-state index is 0.0216. The van der Waals surface area contributed by atoms with Crippen LogP contribution in [-0.4, -0.2) is 30.6 Å².